The van der Waals surface area contributed by atoms with Crippen LogP contribution >= 0.6 is 0 Å². The van der Waals surface area contributed by atoms with Crippen LogP contribution in [0.25, 0.3) is 0 Å². The average molecular weight is 319 g/mol. The highest BCUT2D eigenvalue weighted by Gasteiger charge is 2.30. The second-order valence-electron chi connectivity index (χ2n) is 8.08. The lowest BCUT2D eigenvalue weighted by atomic mass is 9.71. The predicted octanol–water partition coefficient (Wildman–Crippen LogP) is 4.84. The minimum absolute atomic E-state index is 0.128. The molecule has 1 aromatic heterocycles. The minimum atomic E-state index is 0.128. The van der Waals surface area contributed by atoms with Crippen molar-refractivity contribution in [1.29, 1.82) is 0 Å². The van der Waals surface area contributed by atoms with E-state index in [1.807, 2.05) is 13.8 Å². The van der Waals surface area contributed by atoms with Crippen molar-refractivity contribution in [3.8, 4) is 5.75 Å². The largest absolute Gasteiger partial charge is 0.485 e. The third-order valence-corrected chi connectivity index (χ3v) is 4.86. The predicted molar refractivity (Wildman–Crippen MR) is 96.0 cm³/mol. The maximum Gasteiger partial charge on any atom is 0.183 e. The van der Waals surface area contributed by atoms with Crippen LogP contribution in [0.1, 0.15) is 72.9 Å². The SMILES string of the molecule is CCc1ncnc(N[C@H]2CC[C@@H](C(C)(C)C)CC2)c1OC(C)C. The second-order valence-corrected chi connectivity index (χ2v) is 8.08. The molecular formula is C19H33N3O. The van der Waals surface area contributed by atoms with Crippen LogP contribution in [0.15, 0.2) is 6.33 Å². The Morgan fingerprint density at radius 2 is 1.83 bits per heavy atom. The molecule has 0 radical (unpaired) electrons. The number of nitrogens with one attached hydrogen (secondary N) is 1. The lowest BCUT2D eigenvalue weighted by Crippen LogP contribution is -2.32. The molecule has 130 valence electrons. The quantitative estimate of drug-likeness (QED) is 0.843. The van der Waals surface area contributed by atoms with E-state index in [0.29, 0.717) is 11.5 Å². The van der Waals surface area contributed by atoms with Gasteiger partial charge in [-0.05, 0) is 57.3 Å². The van der Waals surface area contributed by atoms with E-state index < -0.39 is 0 Å². The average Bonchev–Trinajstić information content (AvgIpc) is 2.48. The van der Waals surface area contributed by atoms with Crippen molar-refractivity contribution in [2.75, 3.05) is 5.32 Å². The van der Waals surface area contributed by atoms with Crippen molar-refractivity contribution in [3.05, 3.63) is 12.0 Å². The van der Waals surface area contributed by atoms with Gasteiger partial charge in [-0.1, -0.05) is 27.7 Å². The number of rotatable bonds is 5. The van der Waals surface area contributed by atoms with Crippen molar-refractivity contribution in [3.63, 3.8) is 0 Å². The molecule has 0 spiro atoms. The van der Waals surface area contributed by atoms with Crippen molar-refractivity contribution >= 4 is 5.82 Å². The van der Waals surface area contributed by atoms with Gasteiger partial charge in [0, 0.05) is 6.04 Å². The lowest BCUT2D eigenvalue weighted by molar-refractivity contribution is 0.173. The third kappa shape index (κ3) is 4.82. The summed E-state index contributed by atoms with van der Waals surface area (Å²) in [6.45, 7) is 13.3. The van der Waals surface area contributed by atoms with Gasteiger partial charge in [-0.15, -0.1) is 0 Å². The molecule has 0 aliphatic heterocycles. The Hall–Kier alpha value is -1.32. The first kappa shape index (κ1) is 18.0. The summed E-state index contributed by atoms with van der Waals surface area (Å²) in [5.41, 5.74) is 1.40. The van der Waals surface area contributed by atoms with Crippen LogP contribution in [0.3, 0.4) is 0 Å². The highest BCUT2D eigenvalue weighted by Crippen LogP contribution is 2.39. The maximum absolute atomic E-state index is 6.00. The molecule has 0 atom stereocenters. The molecule has 2 rings (SSSR count). The first-order valence-electron chi connectivity index (χ1n) is 9.08. The fraction of sp³-hybridized carbons (Fsp3) is 0.789. The molecule has 0 aromatic carbocycles. The van der Waals surface area contributed by atoms with Crippen molar-refractivity contribution in [2.45, 2.75) is 85.8 Å². The van der Waals surface area contributed by atoms with Crippen LogP contribution in [-0.4, -0.2) is 22.1 Å². The van der Waals surface area contributed by atoms with Gasteiger partial charge < -0.3 is 10.1 Å². The Morgan fingerprint density at radius 1 is 1.17 bits per heavy atom. The lowest BCUT2D eigenvalue weighted by Gasteiger charge is -2.37. The van der Waals surface area contributed by atoms with Gasteiger partial charge in [0.25, 0.3) is 0 Å². The zero-order valence-corrected chi connectivity index (χ0v) is 15.6. The van der Waals surface area contributed by atoms with Gasteiger partial charge in [-0.3, -0.25) is 0 Å². The van der Waals surface area contributed by atoms with Crippen LogP contribution in [-0.2, 0) is 6.42 Å². The van der Waals surface area contributed by atoms with Gasteiger partial charge in [-0.2, -0.15) is 0 Å². The Morgan fingerprint density at radius 3 is 2.35 bits per heavy atom. The van der Waals surface area contributed by atoms with E-state index in [1.165, 1.54) is 25.7 Å². The number of aromatic nitrogens is 2. The molecule has 1 heterocycles. The molecule has 0 amide bonds. The highest BCUT2D eigenvalue weighted by molar-refractivity contribution is 5.53. The summed E-state index contributed by atoms with van der Waals surface area (Å²) >= 11 is 0. The number of aryl methyl sites for hydroxylation is 1. The van der Waals surface area contributed by atoms with E-state index in [9.17, 15) is 0 Å². The first-order valence-corrected chi connectivity index (χ1v) is 9.08. The molecule has 1 fully saturated rings. The molecule has 4 nitrogen and oxygen atoms in total. The molecule has 0 unspecified atom stereocenters. The third-order valence-electron chi connectivity index (χ3n) is 4.86. The number of hydrogen-bond donors (Lipinski definition) is 1. The van der Waals surface area contributed by atoms with Crippen molar-refractivity contribution < 1.29 is 4.74 Å². The highest BCUT2D eigenvalue weighted by atomic mass is 16.5. The zero-order valence-electron chi connectivity index (χ0n) is 15.6. The van der Waals surface area contributed by atoms with Crippen LogP contribution in [0, 0.1) is 11.3 Å². The molecule has 1 N–H and O–H groups in total. The fourth-order valence-electron chi connectivity index (χ4n) is 3.42. The molecule has 1 saturated carbocycles. The Bertz CT molecular complexity index is 500. The number of ether oxygens (including phenoxy) is 1. The summed E-state index contributed by atoms with van der Waals surface area (Å²) in [5, 5.41) is 3.63. The topological polar surface area (TPSA) is 47.0 Å². The van der Waals surface area contributed by atoms with E-state index in [0.717, 1.165) is 29.6 Å². The Balaban J connectivity index is 2.06. The van der Waals surface area contributed by atoms with E-state index in [4.69, 9.17) is 4.74 Å². The fourth-order valence-corrected chi connectivity index (χ4v) is 3.42. The molecule has 0 bridgehead atoms. The summed E-state index contributed by atoms with van der Waals surface area (Å²) in [5.74, 6) is 2.52. The number of nitrogens with zero attached hydrogens (tertiary/aromatic N) is 2. The smallest absolute Gasteiger partial charge is 0.183 e. The van der Waals surface area contributed by atoms with Crippen LogP contribution < -0.4 is 10.1 Å². The standard InChI is InChI=1S/C19H33N3O/c1-7-16-17(23-13(2)3)18(21-12-20-16)22-15-10-8-14(9-11-15)19(4,5)6/h12-15H,7-11H2,1-6H3,(H,20,21,22)/t14-,15+. The molecule has 1 aromatic rings. The van der Waals surface area contributed by atoms with Crippen LogP contribution in [0.2, 0.25) is 0 Å². The summed E-state index contributed by atoms with van der Waals surface area (Å²) in [4.78, 5) is 8.83. The number of anilines is 1. The van der Waals surface area contributed by atoms with Gasteiger partial charge in [0.1, 0.15) is 6.33 Å². The van der Waals surface area contributed by atoms with Crippen molar-refractivity contribution in [1.82, 2.24) is 9.97 Å². The molecule has 4 heteroatoms. The normalized spacial score (nSPS) is 22.2. The minimum Gasteiger partial charge on any atom is -0.485 e. The molecule has 23 heavy (non-hydrogen) atoms. The molecule has 1 aliphatic rings. The molecule has 0 saturated heterocycles. The molecular weight excluding hydrogens is 286 g/mol. The van der Waals surface area contributed by atoms with Gasteiger partial charge in [-0.25, -0.2) is 9.97 Å². The van der Waals surface area contributed by atoms with E-state index in [-0.39, 0.29) is 6.10 Å². The van der Waals surface area contributed by atoms with Crippen LogP contribution in [0.4, 0.5) is 5.82 Å². The Kier molecular flexibility index (Phi) is 5.88. The maximum atomic E-state index is 6.00. The second kappa shape index (κ2) is 7.50. The first-order chi connectivity index (χ1) is 10.8. The summed E-state index contributed by atoms with van der Waals surface area (Å²) in [6.07, 6.45) is 7.61. The monoisotopic (exact) mass is 319 g/mol. The summed E-state index contributed by atoms with van der Waals surface area (Å²) in [7, 11) is 0. The van der Waals surface area contributed by atoms with Crippen molar-refractivity contribution in [2.24, 2.45) is 11.3 Å². The van der Waals surface area contributed by atoms with E-state index in [2.05, 4.69) is 43.0 Å². The Labute approximate surface area is 141 Å². The van der Waals surface area contributed by atoms with Crippen LogP contribution in [0.5, 0.6) is 5.75 Å². The number of hydrogen-bond acceptors (Lipinski definition) is 4. The summed E-state index contributed by atoms with van der Waals surface area (Å²) < 4.78 is 6.00. The molecule has 1 aliphatic carbocycles. The zero-order chi connectivity index (χ0) is 17.0. The van der Waals surface area contributed by atoms with Gasteiger partial charge in [0.05, 0.1) is 11.8 Å². The van der Waals surface area contributed by atoms with E-state index >= 15 is 0 Å². The van der Waals surface area contributed by atoms with E-state index in [1.54, 1.807) is 6.33 Å². The summed E-state index contributed by atoms with van der Waals surface area (Å²) in [6, 6.07) is 0.489. The van der Waals surface area contributed by atoms with Gasteiger partial charge in [0.15, 0.2) is 11.6 Å². The van der Waals surface area contributed by atoms with Gasteiger partial charge in [0.2, 0.25) is 0 Å². The van der Waals surface area contributed by atoms with Gasteiger partial charge >= 0.3 is 0 Å².